The van der Waals surface area contributed by atoms with Gasteiger partial charge >= 0.3 is 6.10 Å². The van der Waals surface area contributed by atoms with Crippen LogP contribution in [0.2, 0.25) is 0 Å². The third-order valence-electron chi connectivity index (χ3n) is 3.33. The Morgan fingerprint density at radius 1 is 0.727 bits per heavy atom. The molecule has 4 nitrogen and oxygen atoms in total. The third kappa shape index (κ3) is 11.2. The van der Waals surface area contributed by atoms with E-state index in [0.717, 1.165) is 6.42 Å². The molecule has 0 aliphatic rings. The SMILES string of the molecule is CCCCCCCC/C=C/CNC(OCC)(OCC)OCC. The van der Waals surface area contributed by atoms with Crippen LogP contribution in [0, 0.1) is 0 Å². The average Bonchev–Trinajstić information content (AvgIpc) is 2.50. The minimum Gasteiger partial charge on any atom is -0.314 e. The molecule has 0 unspecified atom stereocenters. The summed E-state index contributed by atoms with van der Waals surface area (Å²) >= 11 is 0. The van der Waals surface area contributed by atoms with E-state index in [2.05, 4.69) is 24.4 Å². The van der Waals surface area contributed by atoms with Crippen molar-refractivity contribution in [1.82, 2.24) is 5.32 Å². The maximum absolute atomic E-state index is 5.60. The van der Waals surface area contributed by atoms with E-state index in [1.807, 2.05) is 20.8 Å². The number of unbranched alkanes of at least 4 members (excludes halogenated alkanes) is 6. The van der Waals surface area contributed by atoms with Crippen LogP contribution in [0.15, 0.2) is 12.2 Å². The summed E-state index contributed by atoms with van der Waals surface area (Å²) in [7, 11) is 0. The van der Waals surface area contributed by atoms with E-state index in [9.17, 15) is 0 Å². The van der Waals surface area contributed by atoms with E-state index < -0.39 is 6.10 Å². The van der Waals surface area contributed by atoms with Gasteiger partial charge in [-0.05, 0) is 33.6 Å². The van der Waals surface area contributed by atoms with Crippen molar-refractivity contribution in [3.8, 4) is 0 Å². The highest BCUT2D eigenvalue weighted by atomic mass is 16.9. The van der Waals surface area contributed by atoms with Crippen LogP contribution >= 0.6 is 0 Å². The van der Waals surface area contributed by atoms with Crippen molar-refractivity contribution in [3.05, 3.63) is 12.2 Å². The monoisotopic (exact) mass is 315 g/mol. The highest BCUT2D eigenvalue weighted by molar-refractivity contribution is 4.84. The molecule has 0 amide bonds. The van der Waals surface area contributed by atoms with Gasteiger partial charge in [0.15, 0.2) is 0 Å². The van der Waals surface area contributed by atoms with Crippen molar-refractivity contribution in [3.63, 3.8) is 0 Å². The zero-order valence-electron chi connectivity index (χ0n) is 15.2. The van der Waals surface area contributed by atoms with E-state index in [0.29, 0.717) is 26.4 Å². The second kappa shape index (κ2) is 15.5. The average molecular weight is 315 g/mol. The molecule has 0 fully saturated rings. The molecule has 0 aliphatic heterocycles. The number of hydrogen-bond acceptors (Lipinski definition) is 4. The number of ether oxygens (including phenoxy) is 3. The van der Waals surface area contributed by atoms with Crippen LogP contribution in [-0.4, -0.2) is 32.5 Å². The van der Waals surface area contributed by atoms with E-state index >= 15 is 0 Å². The second-order valence-corrected chi connectivity index (χ2v) is 5.26. The van der Waals surface area contributed by atoms with Gasteiger partial charge in [-0.15, -0.1) is 0 Å². The van der Waals surface area contributed by atoms with Crippen LogP contribution in [0.3, 0.4) is 0 Å². The fraction of sp³-hybridized carbons (Fsp3) is 0.889. The Morgan fingerprint density at radius 2 is 1.27 bits per heavy atom. The molecular formula is C18H37NO3. The van der Waals surface area contributed by atoms with Gasteiger partial charge in [0.2, 0.25) is 0 Å². The van der Waals surface area contributed by atoms with Crippen LogP contribution in [-0.2, 0) is 14.2 Å². The normalized spacial score (nSPS) is 12.4. The van der Waals surface area contributed by atoms with Gasteiger partial charge in [0.05, 0.1) is 19.8 Å². The summed E-state index contributed by atoms with van der Waals surface area (Å²) in [6.45, 7) is 10.3. The molecule has 0 spiro atoms. The summed E-state index contributed by atoms with van der Waals surface area (Å²) in [6, 6.07) is 0. The predicted octanol–water partition coefficient (Wildman–Crippen LogP) is 4.60. The molecular weight excluding hydrogens is 278 g/mol. The summed E-state index contributed by atoms with van der Waals surface area (Å²) in [4.78, 5) is 0. The molecule has 0 aromatic heterocycles. The lowest BCUT2D eigenvalue weighted by atomic mass is 10.1. The smallest absolute Gasteiger partial charge is 0.314 e. The molecule has 0 saturated carbocycles. The Balaban J connectivity index is 3.88. The first-order chi connectivity index (χ1) is 10.7. The van der Waals surface area contributed by atoms with E-state index in [4.69, 9.17) is 14.2 Å². The van der Waals surface area contributed by atoms with Gasteiger partial charge in [0.1, 0.15) is 0 Å². The quantitative estimate of drug-likeness (QED) is 0.257. The molecule has 22 heavy (non-hydrogen) atoms. The Morgan fingerprint density at radius 3 is 1.82 bits per heavy atom. The standard InChI is InChI=1S/C18H37NO3/c1-5-9-10-11-12-13-14-15-16-17-19-18(20-6-2,21-7-3)22-8-4/h15-16,19H,5-14,17H2,1-4H3/b16-15+. The van der Waals surface area contributed by atoms with Crippen molar-refractivity contribution in [2.45, 2.75) is 78.7 Å². The second-order valence-electron chi connectivity index (χ2n) is 5.26. The highest BCUT2D eigenvalue weighted by Crippen LogP contribution is 2.12. The van der Waals surface area contributed by atoms with Gasteiger partial charge in [-0.1, -0.05) is 51.2 Å². The van der Waals surface area contributed by atoms with Crippen LogP contribution in [0.4, 0.5) is 0 Å². The van der Waals surface area contributed by atoms with Gasteiger partial charge in [-0.25, -0.2) is 5.32 Å². The fourth-order valence-corrected chi connectivity index (χ4v) is 2.28. The zero-order chi connectivity index (χ0) is 16.5. The lowest BCUT2D eigenvalue weighted by molar-refractivity contribution is -0.392. The van der Waals surface area contributed by atoms with Crippen LogP contribution in [0.5, 0.6) is 0 Å². The molecule has 0 aliphatic carbocycles. The summed E-state index contributed by atoms with van der Waals surface area (Å²) in [5, 5.41) is 3.20. The molecule has 132 valence electrons. The number of nitrogens with one attached hydrogen (secondary N) is 1. The van der Waals surface area contributed by atoms with Crippen LogP contribution in [0.1, 0.15) is 72.6 Å². The number of hydrogen-bond donors (Lipinski definition) is 1. The number of allylic oxidation sites excluding steroid dienone is 1. The largest absolute Gasteiger partial charge is 0.351 e. The molecule has 0 aromatic carbocycles. The molecule has 0 heterocycles. The molecule has 0 rings (SSSR count). The molecule has 0 radical (unpaired) electrons. The highest BCUT2D eigenvalue weighted by Gasteiger charge is 2.31. The number of rotatable bonds is 16. The lowest BCUT2D eigenvalue weighted by Gasteiger charge is -2.32. The van der Waals surface area contributed by atoms with Crippen LogP contribution < -0.4 is 5.32 Å². The predicted molar refractivity (Wildman–Crippen MR) is 92.7 cm³/mol. The molecule has 0 saturated heterocycles. The summed E-state index contributed by atoms with van der Waals surface area (Å²) in [5.41, 5.74) is 0. The van der Waals surface area contributed by atoms with Gasteiger partial charge in [0.25, 0.3) is 0 Å². The molecule has 1 N–H and O–H groups in total. The van der Waals surface area contributed by atoms with Crippen molar-refractivity contribution in [2.24, 2.45) is 0 Å². The van der Waals surface area contributed by atoms with Crippen LogP contribution in [0.25, 0.3) is 0 Å². The van der Waals surface area contributed by atoms with E-state index in [1.54, 1.807) is 0 Å². The van der Waals surface area contributed by atoms with Gasteiger partial charge in [-0.2, -0.15) is 0 Å². The van der Waals surface area contributed by atoms with Crippen molar-refractivity contribution in [1.29, 1.82) is 0 Å². The fourth-order valence-electron chi connectivity index (χ4n) is 2.28. The Bertz CT molecular complexity index is 240. The topological polar surface area (TPSA) is 39.7 Å². The van der Waals surface area contributed by atoms with E-state index in [1.165, 1.54) is 38.5 Å². The molecule has 0 atom stereocenters. The minimum atomic E-state index is -1.11. The molecule has 4 heteroatoms. The Labute approximate surface area is 137 Å². The van der Waals surface area contributed by atoms with Gasteiger partial charge < -0.3 is 14.2 Å². The van der Waals surface area contributed by atoms with Crippen molar-refractivity contribution < 1.29 is 14.2 Å². The summed E-state index contributed by atoms with van der Waals surface area (Å²) in [5.74, 6) is 0. The van der Waals surface area contributed by atoms with Crippen molar-refractivity contribution in [2.75, 3.05) is 26.4 Å². The minimum absolute atomic E-state index is 0.536. The van der Waals surface area contributed by atoms with Gasteiger partial charge in [0, 0.05) is 6.54 Å². The Hall–Kier alpha value is -0.420. The van der Waals surface area contributed by atoms with Crippen molar-refractivity contribution >= 4 is 0 Å². The lowest BCUT2D eigenvalue weighted by Crippen LogP contribution is -2.52. The first-order valence-corrected chi connectivity index (χ1v) is 9.06. The molecule has 0 bridgehead atoms. The molecule has 0 aromatic rings. The summed E-state index contributed by atoms with van der Waals surface area (Å²) < 4.78 is 16.8. The first kappa shape index (κ1) is 21.6. The maximum atomic E-state index is 5.60. The summed E-state index contributed by atoms with van der Waals surface area (Å²) in [6.07, 6.45) is 12.4. The maximum Gasteiger partial charge on any atom is 0.351 e. The third-order valence-corrected chi connectivity index (χ3v) is 3.33. The first-order valence-electron chi connectivity index (χ1n) is 9.06. The van der Waals surface area contributed by atoms with E-state index in [-0.39, 0.29) is 0 Å². The van der Waals surface area contributed by atoms with Gasteiger partial charge in [-0.3, -0.25) is 0 Å². The Kier molecular flexibility index (Phi) is 15.2. The zero-order valence-corrected chi connectivity index (χ0v) is 15.2.